The van der Waals surface area contributed by atoms with Gasteiger partial charge in [-0.1, -0.05) is 27.2 Å². The standard InChI is InChI=1S/C12H26N2O/c1-4-7-11(6-3)13-10-8-12(15)14-9-5-2/h11,13H,4-10H2,1-3H3,(H,14,15). The average molecular weight is 214 g/mol. The van der Waals surface area contributed by atoms with Gasteiger partial charge < -0.3 is 10.6 Å². The maximum absolute atomic E-state index is 11.3. The molecule has 1 unspecified atom stereocenters. The molecule has 0 aromatic heterocycles. The maximum atomic E-state index is 11.3. The van der Waals surface area contributed by atoms with Crippen LogP contribution < -0.4 is 10.6 Å². The fraction of sp³-hybridized carbons (Fsp3) is 0.917. The van der Waals surface area contributed by atoms with Crippen LogP contribution in [0.3, 0.4) is 0 Å². The third-order valence-electron chi connectivity index (χ3n) is 2.49. The molecule has 0 saturated carbocycles. The molecule has 0 heterocycles. The van der Waals surface area contributed by atoms with Gasteiger partial charge in [-0.05, 0) is 19.3 Å². The highest BCUT2D eigenvalue weighted by atomic mass is 16.1. The fourth-order valence-electron chi connectivity index (χ4n) is 1.54. The van der Waals surface area contributed by atoms with Crippen molar-refractivity contribution in [2.24, 2.45) is 0 Å². The number of carbonyl (C=O) groups excluding carboxylic acids is 1. The van der Waals surface area contributed by atoms with Crippen molar-refractivity contribution in [2.45, 2.75) is 58.9 Å². The predicted octanol–water partition coefficient (Wildman–Crippen LogP) is 2.07. The molecule has 90 valence electrons. The molecule has 0 bridgehead atoms. The zero-order valence-electron chi connectivity index (χ0n) is 10.4. The highest BCUT2D eigenvalue weighted by molar-refractivity contribution is 5.75. The lowest BCUT2D eigenvalue weighted by molar-refractivity contribution is -0.121. The first-order valence-corrected chi connectivity index (χ1v) is 6.24. The minimum absolute atomic E-state index is 0.163. The fourth-order valence-corrected chi connectivity index (χ4v) is 1.54. The minimum atomic E-state index is 0.163. The van der Waals surface area contributed by atoms with Gasteiger partial charge in [0, 0.05) is 25.6 Å². The summed E-state index contributed by atoms with van der Waals surface area (Å²) in [5.74, 6) is 0.163. The SMILES string of the molecule is CCCNC(=O)CCNC(CC)CCC. The van der Waals surface area contributed by atoms with Crippen LogP contribution in [0, 0.1) is 0 Å². The summed E-state index contributed by atoms with van der Waals surface area (Å²) in [6, 6.07) is 0.578. The summed E-state index contributed by atoms with van der Waals surface area (Å²) in [6.07, 6.45) is 5.15. The molecule has 0 aliphatic rings. The second-order valence-corrected chi connectivity index (χ2v) is 3.95. The normalized spacial score (nSPS) is 12.5. The molecule has 3 nitrogen and oxygen atoms in total. The first-order chi connectivity index (χ1) is 7.24. The first-order valence-electron chi connectivity index (χ1n) is 6.24. The third kappa shape index (κ3) is 8.43. The molecule has 0 rings (SSSR count). The Balaban J connectivity index is 3.45. The molecule has 1 amide bonds. The zero-order chi connectivity index (χ0) is 11.5. The van der Waals surface area contributed by atoms with E-state index in [0.29, 0.717) is 12.5 Å². The Labute approximate surface area is 94.0 Å². The summed E-state index contributed by atoms with van der Waals surface area (Å²) in [5, 5.41) is 6.29. The van der Waals surface area contributed by atoms with Gasteiger partial charge in [0.25, 0.3) is 0 Å². The van der Waals surface area contributed by atoms with Crippen LogP contribution in [0.1, 0.15) is 52.9 Å². The average Bonchev–Trinajstić information content (AvgIpc) is 2.25. The summed E-state index contributed by atoms with van der Waals surface area (Å²) in [5.41, 5.74) is 0. The molecular weight excluding hydrogens is 188 g/mol. The molecule has 0 spiro atoms. The van der Waals surface area contributed by atoms with Crippen LogP contribution in [0.2, 0.25) is 0 Å². The topological polar surface area (TPSA) is 41.1 Å². The zero-order valence-corrected chi connectivity index (χ0v) is 10.4. The van der Waals surface area contributed by atoms with Crippen LogP contribution in [0.5, 0.6) is 0 Å². The summed E-state index contributed by atoms with van der Waals surface area (Å²) < 4.78 is 0. The second kappa shape index (κ2) is 9.97. The van der Waals surface area contributed by atoms with Gasteiger partial charge in [0.1, 0.15) is 0 Å². The quantitative estimate of drug-likeness (QED) is 0.617. The summed E-state index contributed by atoms with van der Waals surface area (Å²) in [7, 11) is 0. The maximum Gasteiger partial charge on any atom is 0.221 e. The van der Waals surface area contributed by atoms with Crippen LogP contribution in [-0.4, -0.2) is 25.0 Å². The van der Waals surface area contributed by atoms with Gasteiger partial charge in [0.15, 0.2) is 0 Å². The largest absolute Gasteiger partial charge is 0.356 e. The van der Waals surface area contributed by atoms with Crippen molar-refractivity contribution < 1.29 is 4.79 Å². The Kier molecular flexibility index (Phi) is 9.59. The molecular formula is C12H26N2O. The van der Waals surface area contributed by atoms with Crippen molar-refractivity contribution in [3.05, 3.63) is 0 Å². The Morgan fingerprint density at radius 1 is 1.13 bits per heavy atom. The lowest BCUT2D eigenvalue weighted by atomic mass is 10.1. The van der Waals surface area contributed by atoms with Crippen molar-refractivity contribution in [2.75, 3.05) is 13.1 Å². The van der Waals surface area contributed by atoms with E-state index in [1.54, 1.807) is 0 Å². The van der Waals surface area contributed by atoms with E-state index in [1.165, 1.54) is 12.8 Å². The van der Waals surface area contributed by atoms with Crippen molar-refractivity contribution in [3.8, 4) is 0 Å². The van der Waals surface area contributed by atoms with Gasteiger partial charge in [-0.25, -0.2) is 0 Å². The monoisotopic (exact) mass is 214 g/mol. The minimum Gasteiger partial charge on any atom is -0.356 e. The molecule has 0 fully saturated rings. The molecule has 1 atom stereocenters. The first kappa shape index (κ1) is 14.4. The van der Waals surface area contributed by atoms with Crippen LogP contribution >= 0.6 is 0 Å². The number of nitrogens with one attached hydrogen (secondary N) is 2. The number of hydrogen-bond acceptors (Lipinski definition) is 2. The highest BCUT2D eigenvalue weighted by Crippen LogP contribution is 2.00. The van der Waals surface area contributed by atoms with Gasteiger partial charge in [0.05, 0.1) is 0 Å². The van der Waals surface area contributed by atoms with E-state index in [-0.39, 0.29) is 5.91 Å². The Hall–Kier alpha value is -0.570. The van der Waals surface area contributed by atoms with E-state index in [1.807, 2.05) is 0 Å². The van der Waals surface area contributed by atoms with Crippen molar-refractivity contribution >= 4 is 5.91 Å². The summed E-state index contributed by atoms with van der Waals surface area (Å²) in [4.78, 5) is 11.3. The van der Waals surface area contributed by atoms with Gasteiger partial charge in [-0.2, -0.15) is 0 Å². The lowest BCUT2D eigenvalue weighted by Gasteiger charge is -2.15. The van der Waals surface area contributed by atoms with Gasteiger partial charge in [-0.15, -0.1) is 0 Å². The molecule has 0 aliphatic heterocycles. The highest BCUT2D eigenvalue weighted by Gasteiger charge is 2.05. The molecule has 0 aromatic carbocycles. The Morgan fingerprint density at radius 3 is 2.40 bits per heavy atom. The van der Waals surface area contributed by atoms with Crippen LogP contribution in [0.25, 0.3) is 0 Å². The number of hydrogen-bond donors (Lipinski definition) is 2. The van der Waals surface area contributed by atoms with E-state index < -0.39 is 0 Å². The Morgan fingerprint density at radius 2 is 1.87 bits per heavy atom. The van der Waals surface area contributed by atoms with Gasteiger partial charge >= 0.3 is 0 Å². The molecule has 0 saturated heterocycles. The number of carbonyl (C=O) groups is 1. The molecule has 3 heteroatoms. The van der Waals surface area contributed by atoms with Gasteiger partial charge in [-0.3, -0.25) is 4.79 Å². The van der Waals surface area contributed by atoms with E-state index >= 15 is 0 Å². The summed E-state index contributed by atoms with van der Waals surface area (Å²) >= 11 is 0. The van der Waals surface area contributed by atoms with Crippen LogP contribution in [0.4, 0.5) is 0 Å². The van der Waals surface area contributed by atoms with E-state index in [9.17, 15) is 4.79 Å². The number of rotatable bonds is 9. The van der Waals surface area contributed by atoms with E-state index in [0.717, 1.165) is 25.9 Å². The van der Waals surface area contributed by atoms with E-state index in [2.05, 4.69) is 31.4 Å². The van der Waals surface area contributed by atoms with Crippen molar-refractivity contribution in [1.29, 1.82) is 0 Å². The lowest BCUT2D eigenvalue weighted by Crippen LogP contribution is -2.33. The third-order valence-corrected chi connectivity index (χ3v) is 2.49. The summed E-state index contributed by atoms with van der Waals surface area (Å²) in [6.45, 7) is 8.04. The van der Waals surface area contributed by atoms with Crippen LogP contribution in [-0.2, 0) is 4.79 Å². The van der Waals surface area contributed by atoms with E-state index in [4.69, 9.17) is 0 Å². The number of amides is 1. The van der Waals surface area contributed by atoms with Crippen LogP contribution in [0.15, 0.2) is 0 Å². The molecule has 0 aromatic rings. The predicted molar refractivity (Wildman–Crippen MR) is 64.9 cm³/mol. The van der Waals surface area contributed by atoms with Gasteiger partial charge in [0.2, 0.25) is 5.91 Å². The van der Waals surface area contributed by atoms with Crippen molar-refractivity contribution in [1.82, 2.24) is 10.6 Å². The molecule has 0 radical (unpaired) electrons. The Bertz CT molecular complexity index is 160. The second-order valence-electron chi connectivity index (χ2n) is 3.95. The molecule has 2 N–H and O–H groups in total. The molecule has 15 heavy (non-hydrogen) atoms. The molecule has 0 aliphatic carbocycles. The smallest absolute Gasteiger partial charge is 0.221 e. The van der Waals surface area contributed by atoms with Crippen molar-refractivity contribution in [3.63, 3.8) is 0 Å².